The van der Waals surface area contributed by atoms with Crippen LogP contribution < -0.4 is 5.32 Å². The van der Waals surface area contributed by atoms with E-state index in [0.29, 0.717) is 13.2 Å². The van der Waals surface area contributed by atoms with Gasteiger partial charge in [0.25, 0.3) is 0 Å². The van der Waals surface area contributed by atoms with Crippen molar-refractivity contribution in [3.8, 4) is 0 Å². The van der Waals surface area contributed by atoms with Gasteiger partial charge in [-0.1, -0.05) is 60.7 Å². The number of hydrogen-bond donors (Lipinski definition) is 1. The second kappa shape index (κ2) is 9.23. The van der Waals surface area contributed by atoms with E-state index in [1.807, 2.05) is 43.3 Å². The van der Waals surface area contributed by atoms with Crippen molar-refractivity contribution >= 4 is 6.09 Å². The molecule has 2 aromatic carbocycles. The van der Waals surface area contributed by atoms with Gasteiger partial charge >= 0.3 is 6.09 Å². The average molecular weight is 340 g/mol. The molecule has 0 fully saturated rings. The Labute approximate surface area is 150 Å². The van der Waals surface area contributed by atoms with Gasteiger partial charge in [-0.05, 0) is 45.1 Å². The van der Waals surface area contributed by atoms with E-state index in [-0.39, 0.29) is 11.5 Å². The Bertz CT molecular complexity index is 602. The van der Waals surface area contributed by atoms with Crippen LogP contribution in [0.15, 0.2) is 60.7 Å². The molecule has 0 unspecified atom stereocenters. The quantitative estimate of drug-likeness (QED) is 0.797. The molecule has 0 radical (unpaired) electrons. The third-order valence-corrected chi connectivity index (χ3v) is 4.45. The summed E-state index contributed by atoms with van der Waals surface area (Å²) < 4.78 is 5.07. The maximum atomic E-state index is 11.9. The van der Waals surface area contributed by atoms with Gasteiger partial charge in [0.15, 0.2) is 0 Å². The van der Waals surface area contributed by atoms with Crippen molar-refractivity contribution in [2.45, 2.75) is 18.8 Å². The van der Waals surface area contributed by atoms with E-state index in [1.165, 1.54) is 11.1 Å². The molecule has 1 N–H and O–H groups in total. The lowest BCUT2D eigenvalue weighted by Gasteiger charge is -2.36. The van der Waals surface area contributed by atoms with Gasteiger partial charge in [0.05, 0.1) is 6.61 Å². The van der Waals surface area contributed by atoms with Crippen molar-refractivity contribution in [1.29, 1.82) is 0 Å². The highest BCUT2D eigenvalue weighted by Gasteiger charge is 2.34. The predicted molar refractivity (Wildman–Crippen MR) is 102 cm³/mol. The zero-order valence-corrected chi connectivity index (χ0v) is 15.4. The van der Waals surface area contributed by atoms with Crippen LogP contribution in [-0.2, 0) is 10.2 Å². The number of amides is 1. The summed E-state index contributed by atoms with van der Waals surface area (Å²) in [7, 11) is 4.14. The Balaban J connectivity index is 2.43. The summed E-state index contributed by atoms with van der Waals surface area (Å²) in [6.45, 7) is 3.59. The van der Waals surface area contributed by atoms with Gasteiger partial charge in [0.1, 0.15) is 0 Å². The number of hydrogen-bond acceptors (Lipinski definition) is 3. The minimum absolute atomic E-state index is 0.306. The fourth-order valence-corrected chi connectivity index (χ4v) is 3.08. The van der Waals surface area contributed by atoms with E-state index in [1.54, 1.807) is 0 Å². The second-order valence-electron chi connectivity index (χ2n) is 6.44. The van der Waals surface area contributed by atoms with Crippen molar-refractivity contribution in [3.05, 3.63) is 71.8 Å². The number of carbonyl (C=O) groups excluding carboxylic acids is 1. The molecule has 25 heavy (non-hydrogen) atoms. The van der Waals surface area contributed by atoms with Crippen LogP contribution in [0.1, 0.15) is 24.5 Å². The Hall–Kier alpha value is -2.33. The molecule has 0 heterocycles. The van der Waals surface area contributed by atoms with E-state index < -0.39 is 0 Å². The van der Waals surface area contributed by atoms with E-state index in [9.17, 15) is 4.79 Å². The number of carbonyl (C=O) groups is 1. The van der Waals surface area contributed by atoms with Crippen molar-refractivity contribution in [3.63, 3.8) is 0 Å². The van der Waals surface area contributed by atoms with Gasteiger partial charge in [-0.15, -0.1) is 0 Å². The molecule has 1 amide bonds. The molecule has 0 aliphatic heterocycles. The summed E-state index contributed by atoms with van der Waals surface area (Å²) in [5, 5.41) is 2.97. The normalized spacial score (nSPS) is 11.4. The van der Waals surface area contributed by atoms with Crippen molar-refractivity contribution in [2.75, 3.05) is 33.8 Å². The maximum absolute atomic E-state index is 11.9. The Kier molecular flexibility index (Phi) is 7.02. The van der Waals surface area contributed by atoms with Crippen LogP contribution in [0.5, 0.6) is 0 Å². The van der Waals surface area contributed by atoms with E-state index in [0.717, 1.165) is 13.0 Å². The Morgan fingerprint density at radius 1 is 1.00 bits per heavy atom. The lowest BCUT2D eigenvalue weighted by molar-refractivity contribution is 0.149. The van der Waals surface area contributed by atoms with E-state index in [4.69, 9.17) is 4.74 Å². The van der Waals surface area contributed by atoms with Crippen LogP contribution in [-0.4, -0.2) is 44.8 Å². The first-order valence-electron chi connectivity index (χ1n) is 8.75. The zero-order valence-electron chi connectivity index (χ0n) is 15.4. The smallest absolute Gasteiger partial charge is 0.407 e. The maximum Gasteiger partial charge on any atom is 0.407 e. The highest BCUT2D eigenvalue weighted by atomic mass is 16.5. The lowest BCUT2D eigenvalue weighted by atomic mass is 9.71. The first-order chi connectivity index (χ1) is 12.1. The number of nitrogens with zero attached hydrogens (tertiary/aromatic N) is 1. The third kappa shape index (κ3) is 5.07. The van der Waals surface area contributed by atoms with E-state index >= 15 is 0 Å². The van der Waals surface area contributed by atoms with Crippen molar-refractivity contribution in [1.82, 2.24) is 10.2 Å². The van der Waals surface area contributed by atoms with Crippen molar-refractivity contribution < 1.29 is 9.53 Å². The number of benzene rings is 2. The van der Waals surface area contributed by atoms with Crippen LogP contribution in [0.2, 0.25) is 0 Å². The first kappa shape index (κ1) is 19.0. The zero-order chi connectivity index (χ0) is 18.1. The Morgan fingerprint density at radius 3 is 1.96 bits per heavy atom. The summed E-state index contributed by atoms with van der Waals surface area (Å²) in [6.07, 6.45) is 0.518. The van der Waals surface area contributed by atoms with Gasteiger partial charge in [-0.2, -0.15) is 0 Å². The van der Waals surface area contributed by atoms with Crippen LogP contribution in [0.25, 0.3) is 0 Å². The fourth-order valence-electron chi connectivity index (χ4n) is 3.08. The van der Waals surface area contributed by atoms with Gasteiger partial charge in [0, 0.05) is 12.0 Å². The highest BCUT2D eigenvalue weighted by Crippen LogP contribution is 2.35. The molecular formula is C21H28N2O2. The molecule has 0 aromatic heterocycles. The lowest BCUT2D eigenvalue weighted by Crippen LogP contribution is -2.43. The first-order valence-corrected chi connectivity index (χ1v) is 8.75. The predicted octanol–water partition coefficient (Wildman–Crippen LogP) is 3.67. The Morgan fingerprint density at radius 2 is 1.52 bits per heavy atom. The van der Waals surface area contributed by atoms with Crippen molar-refractivity contribution in [2.24, 2.45) is 0 Å². The highest BCUT2D eigenvalue weighted by molar-refractivity contribution is 5.67. The molecule has 4 heteroatoms. The topological polar surface area (TPSA) is 41.6 Å². The number of rotatable bonds is 8. The molecule has 0 aliphatic rings. The largest absolute Gasteiger partial charge is 0.450 e. The van der Waals surface area contributed by atoms with Crippen LogP contribution in [0.4, 0.5) is 4.79 Å². The molecule has 2 aromatic rings. The minimum atomic E-state index is -0.372. The SMILES string of the molecule is CCOC(=O)NCC(CCN(C)C)(c1ccccc1)c1ccccc1. The molecule has 0 saturated carbocycles. The third-order valence-electron chi connectivity index (χ3n) is 4.45. The van der Waals surface area contributed by atoms with Crippen LogP contribution in [0, 0.1) is 0 Å². The average Bonchev–Trinajstić information content (AvgIpc) is 2.64. The van der Waals surface area contributed by atoms with E-state index in [2.05, 4.69) is 48.6 Å². The van der Waals surface area contributed by atoms with Gasteiger partial charge in [-0.3, -0.25) is 0 Å². The molecule has 4 nitrogen and oxygen atoms in total. The molecule has 2 rings (SSSR count). The molecule has 134 valence electrons. The number of alkyl carbamates (subject to hydrolysis) is 1. The number of nitrogens with one attached hydrogen (secondary N) is 1. The summed E-state index contributed by atoms with van der Waals surface area (Å²) in [5.74, 6) is 0. The second-order valence-corrected chi connectivity index (χ2v) is 6.44. The van der Waals surface area contributed by atoms with Crippen LogP contribution in [0.3, 0.4) is 0 Å². The molecule has 0 atom stereocenters. The standard InChI is InChI=1S/C21H28N2O2/c1-4-25-20(24)22-17-21(15-16-23(2)3,18-11-7-5-8-12-18)19-13-9-6-10-14-19/h5-14H,4,15-17H2,1-3H3,(H,22,24). The monoisotopic (exact) mass is 340 g/mol. The van der Waals surface area contributed by atoms with Gasteiger partial charge in [-0.25, -0.2) is 4.79 Å². The molecule has 0 aliphatic carbocycles. The molecule has 0 spiro atoms. The van der Waals surface area contributed by atoms with Gasteiger partial charge < -0.3 is 15.0 Å². The minimum Gasteiger partial charge on any atom is -0.450 e. The molecule has 0 saturated heterocycles. The summed E-state index contributed by atoms with van der Waals surface area (Å²) in [6, 6.07) is 20.8. The molecule has 0 bridgehead atoms. The number of ether oxygens (including phenoxy) is 1. The fraction of sp³-hybridized carbons (Fsp3) is 0.381. The molecular weight excluding hydrogens is 312 g/mol. The summed E-state index contributed by atoms with van der Waals surface area (Å²) >= 11 is 0. The summed E-state index contributed by atoms with van der Waals surface area (Å²) in [4.78, 5) is 14.1. The van der Waals surface area contributed by atoms with Crippen LogP contribution >= 0.6 is 0 Å². The summed E-state index contributed by atoms with van der Waals surface area (Å²) in [5.41, 5.74) is 2.08. The van der Waals surface area contributed by atoms with Gasteiger partial charge in [0.2, 0.25) is 0 Å².